The summed E-state index contributed by atoms with van der Waals surface area (Å²) in [7, 11) is 0. The number of hydrogen-bond acceptors (Lipinski definition) is 3. The Morgan fingerprint density at radius 3 is 2.03 bits per heavy atom. The maximum atomic E-state index is 5.85. The van der Waals surface area contributed by atoms with Crippen molar-refractivity contribution in [1.29, 1.82) is 0 Å². The molecule has 3 heteroatoms. The Kier molecular flexibility index (Phi) is 11.0. The van der Waals surface area contributed by atoms with Gasteiger partial charge in [0.2, 0.25) is 0 Å². The summed E-state index contributed by atoms with van der Waals surface area (Å²) in [6, 6.07) is 8.22. The van der Waals surface area contributed by atoms with E-state index in [4.69, 9.17) is 14.7 Å². The van der Waals surface area contributed by atoms with E-state index in [2.05, 4.69) is 38.4 Å². The second kappa shape index (κ2) is 14.3. The zero-order valence-electron chi connectivity index (χ0n) is 20.5. The van der Waals surface area contributed by atoms with Gasteiger partial charge in [0.1, 0.15) is 5.75 Å². The number of hydrogen-bond donors (Lipinski definition) is 0. The molecule has 1 aliphatic carbocycles. The van der Waals surface area contributed by atoms with Crippen LogP contribution >= 0.6 is 0 Å². The fraction of sp³-hybridized carbons (Fsp3) is 0.655. The lowest BCUT2D eigenvalue weighted by atomic mass is 9.77. The van der Waals surface area contributed by atoms with Crippen LogP contribution in [0.2, 0.25) is 0 Å². The Labute approximate surface area is 196 Å². The summed E-state index contributed by atoms with van der Waals surface area (Å²) < 4.78 is 5.85. The van der Waals surface area contributed by atoms with Crippen LogP contribution in [0.5, 0.6) is 5.75 Å². The van der Waals surface area contributed by atoms with Crippen molar-refractivity contribution in [2.45, 2.75) is 110 Å². The minimum Gasteiger partial charge on any atom is -0.494 e. The summed E-state index contributed by atoms with van der Waals surface area (Å²) >= 11 is 0. The van der Waals surface area contributed by atoms with E-state index in [9.17, 15) is 0 Å². The average molecular weight is 437 g/mol. The third-order valence-corrected chi connectivity index (χ3v) is 7.09. The molecule has 1 aliphatic rings. The largest absolute Gasteiger partial charge is 0.494 e. The second-order valence-corrected chi connectivity index (χ2v) is 9.69. The molecule has 0 aliphatic heterocycles. The maximum Gasteiger partial charge on any atom is 0.159 e. The fourth-order valence-electron chi connectivity index (χ4n) is 4.94. The van der Waals surface area contributed by atoms with Crippen molar-refractivity contribution in [3.05, 3.63) is 42.2 Å². The minimum absolute atomic E-state index is 0.642. The van der Waals surface area contributed by atoms with Gasteiger partial charge in [0.25, 0.3) is 0 Å². The van der Waals surface area contributed by atoms with Crippen LogP contribution < -0.4 is 4.74 Å². The molecule has 0 N–H and O–H groups in total. The summed E-state index contributed by atoms with van der Waals surface area (Å²) in [4.78, 5) is 9.39. The number of unbranched alkanes of at least 4 members (excludes halogenated alkanes) is 7. The molecule has 3 rings (SSSR count). The van der Waals surface area contributed by atoms with E-state index in [1.54, 1.807) is 0 Å². The number of aromatic nitrogens is 2. The first kappa shape index (κ1) is 24.7. The average Bonchev–Trinajstić information content (AvgIpc) is 2.85. The van der Waals surface area contributed by atoms with E-state index in [0.29, 0.717) is 5.92 Å². The molecule has 32 heavy (non-hydrogen) atoms. The summed E-state index contributed by atoms with van der Waals surface area (Å²) in [5, 5.41) is 0. The van der Waals surface area contributed by atoms with Crippen LogP contribution in [0, 0.1) is 5.92 Å². The van der Waals surface area contributed by atoms with Gasteiger partial charge in [-0.1, -0.05) is 71.6 Å². The zero-order chi connectivity index (χ0) is 22.4. The van der Waals surface area contributed by atoms with Gasteiger partial charge in [-0.05, 0) is 73.8 Å². The van der Waals surface area contributed by atoms with Crippen molar-refractivity contribution in [2.24, 2.45) is 5.92 Å². The van der Waals surface area contributed by atoms with Gasteiger partial charge in [-0.15, -0.1) is 0 Å². The molecule has 3 nitrogen and oxygen atoms in total. The van der Waals surface area contributed by atoms with Gasteiger partial charge in [-0.2, -0.15) is 0 Å². The van der Waals surface area contributed by atoms with Crippen LogP contribution in [-0.2, 0) is 0 Å². The van der Waals surface area contributed by atoms with Gasteiger partial charge in [0.05, 0.1) is 6.61 Å². The molecule has 1 heterocycles. The Morgan fingerprint density at radius 2 is 1.38 bits per heavy atom. The lowest BCUT2D eigenvalue weighted by molar-refractivity contribution is 0.301. The van der Waals surface area contributed by atoms with Crippen LogP contribution in [0.3, 0.4) is 0 Å². The molecular weight excluding hydrogens is 392 g/mol. The van der Waals surface area contributed by atoms with Crippen molar-refractivity contribution in [2.75, 3.05) is 6.61 Å². The standard InChI is InChI=1S/C29H44N2O/c1-3-5-7-9-10-12-24-13-15-25(16-14-24)27-22-30-29(31-23-27)26-17-19-28(20-18-26)32-21-11-8-6-4-2/h17-20,22-25H,3-16,21H2,1-2H3. The van der Waals surface area contributed by atoms with Crippen molar-refractivity contribution in [3.8, 4) is 17.1 Å². The van der Waals surface area contributed by atoms with Crippen LogP contribution in [0.4, 0.5) is 0 Å². The fourth-order valence-corrected chi connectivity index (χ4v) is 4.94. The molecule has 0 radical (unpaired) electrons. The number of benzene rings is 1. The van der Waals surface area contributed by atoms with Gasteiger partial charge in [0.15, 0.2) is 5.82 Å². The van der Waals surface area contributed by atoms with Gasteiger partial charge >= 0.3 is 0 Å². The van der Waals surface area contributed by atoms with Crippen molar-refractivity contribution < 1.29 is 4.74 Å². The minimum atomic E-state index is 0.642. The van der Waals surface area contributed by atoms with Gasteiger partial charge in [0, 0.05) is 18.0 Å². The van der Waals surface area contributed by atoms with Gasteiger partial charge < -0.3 is 4.74 Å². The van der Waals surface area contributed by atoms with E-state index in [-0.39, 0.29) is 0 Å². The molecule has 1 aromatic heterocycles. The molecule has 1 saturated carbocycles. The first-order valence-electron chi connectivity index (χ1n) is 13.3. The molecule has 0 spiro atoms. The number of ether oxygens (including phenoxy) is 1. The van der Waals surface area contributed by atoms with E-state index in [1.807, 2.05) is 12.1 Å². The Balaban J connectivity index is 1.41. The van der Waals surface area contributed by atoms with Crippen LogP contribution in [0.15, 0.2) is 36.7 Å². The summed E-state index contributed by atoms with van der Waals surface area (Å²) in [6.07, 6.45) is 22.8. The van der Waals surface area contributed by atoms with Crippen LogP contribution in [-0.4, -0.2) is 16.6 Å². The smallest absolute Gasteiger partial charge is 0.159 e. The maximum absolute atomic E-state index is 5.85. The highest BCUT2D eigenvalue weighted by Crippen LogP contribution is 2.37. The third-order valence-electron chi connectivity index (χ3n) is 7.09. The van der Waals surface area contributed by atoms with Crippen molar-refractivity contribution in [3.63, 3.8) is 0 Å². The van der Waals surface area contributed by atoms with E-state index < -0.39 is 0 Å². The highest BCUT2D eigenvalue weighted by molar-refractivity contribution is 5.56. The van der Waals surface area contributed by atoms with E-state index >= 15 is 0 Å². The number of nitrogens with zero attached hydrogens (tertiary/aromatic N) is 2. The Hall–Kier alpha value is -1.90. The first-order valence-corrected chi connectivity index (χ1v) is 13.3. The van der Waals surface area contributed by atoms with Crippen LogP contribution in [0.25, 0.3) is 11.4 Å². The quantitative estimate of drug-likeness (QED) is 0.278. The summed E-state index contributed by atoms with van der Waals surface area (Å²) in [5.74, 6) is 3.33. The van der Waals surface area contributed by atoms with Gasteiger partial charge in [-0.25, -0.2) is 9.97 Å². The van der Waals surface area contributed by atoms with Crippen LogP contribution in [0.1, 0.15) is 115 Å². The second-order valence-electron chi connectivity index (χ2n) is 9.69. The highest BCUT2D eigenvalue weighted by atomic mass is 16.5. The summed E-state index contributed by atoms with van der Waals surface area (Å²) in [6.45, 7) is 5.32. The molecule has 0 saturated heterocycles. The van der Waals surface area contributed by atoms with Crippen molar-refractivity contribution in [1.82, 2.24) is 9.97 Å². The SMILES string of the molecule is CCCCCCCC1CCC(c2cnc(-c3ccc(OCCCCCC)cc3)nc2)CC1. The molecule has 2 aromatic rings. The monoisotopic (exact) mass is 436 g/mol. The Morgan fingerprint density at radius 1 is 0.750 bits per heavy atom. The molecule has 0 atom stereocenters. The molecule has 1 aromatic carbocycles. The number of rotatable bonds is 14. The van der Waals surface area contributed by atoms with E-state index in [0.717, 1.165) is 36.1 Å². The predicted octanol–water partition coefficient (Wildman–Crippen LogP) is 8.74. The summed E-state index contributed by atoms with van der Waals surface area (Å²) in [5.41, 5.74) is 2.38. The molecule has 0 unspecified atom stereocenters. The first-order chi connectivity index (χ1) is 15.8. The highest BCUT2D eigenvalue weighted by Gasteiger charge is 2.22. The zero-order valence-corrected chi connectivity index (χ0v) is 20.5. The molecule has 1 fully saturated rings. The lowest BCUT2D eigenvalue weighted by Gasteiger charge is -2.28. The normalized spacial score (nSPS) is 18.6. The molecule has 176 valence electrons. The molecule has 0 bridgehead atoms. The molecule has 0 amide bonds. The topological polar surface area (TPSA) is 35.0 Å². The van der Waals surface area contributed by atoms with Crippen molar-refractivity contribution >= 4 is 0 Å². The van der Waals surface area contributed by atoms with Gasteiger partial charge in [-0.3, -0.25) is 0 Å². The predicted molar refractivity (Wildman–Crippen MR) is 135 cm³/mol. The third kappa shape index (κ3) is 8.22. The lowest BCUT2D eigenvalue weighted by Crippen LogP contribution is -2.14. The molecular formula is C29H44N2O. The Bertz CT molecular complexity index is 733. The van der Waals surface area contributed by atoms with E-state index in [1.165, 1.54) is 89.0 Å².